The molecule has 0 fully saturated rings. The van der Waals surface area contributed by atoms with E-state index in [0.717, 1.165) is 32.2 Å². The molecule has 0 spiro atoms. The van der Waals surface area contributed by atoms with Gasteiger partial charge in [-0.3, -0.25) is 4.79 Å². The van der Waals surface area contributed by atoms with Gasteiger partial charge in [-0.1, -0.05) is 58.4 Å². The molecule has 44 heavy (non-hydrogen) atoms. The van der Waals surface area contributed by atoms with Crippen LogP contribution in [0.1, 0.15) is 38.7 Å². The predicted molar refractivity (Wildman–Crippen MR) is 173 cm³/mol. The van der Waals surface area contributed by atoms with Crippen molar-refractivity contribution in [1.29, 1.82) is 0 Å². The summed E-state index contributed by atoms with van der Waals surface area (Å²) < 4.78 is 17.2. The van der Waals surface area contributed by atoms with Crippen LogP contribution < -0.4 is 20.4 Å². The number of fused-ring (bicyclic) bond motifs is 2. The van der Waals surface area contributed by atoms with Gasteiger partial charge in [-0.2, -0.15) is 0 Å². The van der Waals surface area contributed by atoms with Gasteiger partial charge in [0.2, 0.25) is 0 Å². The molecular weight excluding hydrogens is 624 g/mol. The van der Waals surface area contributed by atoms with E-state index in [4.69, 9.17) is 13.9 Å². The minimum Gasteiger partial charge on any atom is -0.507 e. The zero-order chi connectivity index (χ0) is 30.8. The van der Waals surface area contributed by atoms with Crippen molar-refractivity contribution in [3.05, 3.63) is 134 Å². The maximum Gasteiger partial charge on any atom is 0.344 e. The topological polar surface area (TPSA) is 114 Å². The molecule has 1 unspecified atom stereocenters. The van der Waals surface area contributed by atoms with Crippen LogP contribution in [-0.4, -0.2) is 36.8 Å². The Balaban J connectivity index is 1.45. The molecule has 1 atom stereocenters. The van der Waals surface area contributed by atoms with Crippen LogP contribution in [0.2, 0.25) is 0 Å². The molecule has 0 saturated heterocycles. The second kappa shape index (κ2) is 12.3. The van der Waals surface area contributed by atoms with E-state index in [2.05, 4.69) is 26.2 Å². The number of aromatic amines is 1. The Kier molecular flexibility index (Phi) is 8.13. The van der Waals surface area contributed by atoms with Gasteiger partial charge >= 0.3 is 5.63 Å². The highest BCUT2D eigenvalue weighted by Gasteiger charge is 2.30. The van der Waals surface area contributed by atoms with Gasteiger partial charge in [0, 0.05) is 33.7 Å². The Morgan fingerprint density at radius 1 is 0.955 bits per heavy atom. The molecule has 6 aromatic rings. The standard InChI is InChI=1S/C35H29BrN2O6/c1-42-22-14-15-26(29(19-22)43-2)34(40)37-17-16-24-23-10-3-5-12-27(23)38-32(24)30(20-8-7-9-21(36)18-20)31-33(39)25-11-4-6-13-28(25)44-35(31)41/h3-15,18-19,30,38-39H,16-17H2,1-2H3,(H,37,40). The summed E-state index contributed by atoms with van der Waals surface area (Å²) in [5.74, 6) is -0.133. The van der Waals surface area contributed by atoms with Crippen molar-refractivity contribution in [2.45, 2.75) is 12.3 Å². The van der Waals surface area contributed by atoms with Gasteiger partial charge < -0.3 is 29.3 Å². The van der Waals surface area contributed by atoms with Crippen LogP contribution in [0.15, 0.2) is 105 Å². The summed E-state index contributed by atoms with van der Waals surface area (Å²) in [7, 11) is 3.06. The number of para-hydroxylation sites is 2. The number of hydrogen-bond acceptors (Lipinski definition) is 6. The van der Waals surface area contributed by atoms with Gasteiger partial charge in [0.25, 0.3) is 5.91 Å². The minimum absolute atomic E-state index is 0.126. The largest absolute Gasteiger partial charge is 0.507 e. The lowest BCUT2D eigenvalue weighted by atomic mass is 9.85. The van der Waals surface area contributed by atoms with E-state index in [0.29, 0.717) is 41.0 Å². The molecular formula is C35H29BrN2O6. The van der Waals surface area contributed by atoms with Crippen molar-refractivity contribution < 1.29 is 23.8 Å². The van der Waals surface area contributed by atoms with Crippen molar-refractivity contribution in [3.8, 4) is 17.2 Å². The minimum atomic E-state index is -0.701. The second-order valence-electron chi connectivity index (χ2n) is 10.3. The third kappa shape index (κ3) is 5.42. The molecule has 4 aromatic carbocycles. The number of amides is 1. The molecule has 1 amide bonds. The Labute approximate surface area is 261 Å². The highest BCUT2D eigenvalue weighted by atomic mass is 79.9. The Bertz CT molecular complexity index is 2060. The summed E-state index contributed by atoms with van der Waals surface area (Å²) in [6, 6.07) is 27.4. The summed E-state index contributed by atoms with van der Waals surface area (Å²) >= 11 is 3.57. The quantitative estimate of drug-likeness (QED) is 0.146. The molecule has 0 saturated carbocycles. The van der Waals surface area contributed by atoms with Crippen molar-refractivity contribution in [1.82, 2.24) is 10.3 Å². The lowest BCUT2D eigenvalue weighted by molar-refractivity contribution is 0.0951. The number of methoxy groups -OCH3 is 2. The summed E-state index contributed by atoms with van der Waals surface area (Å²) in [6.07, 6.45) is 0.438. The second-order valence-corrected chi connectivity index (χ2v) is 11.2. The monoisotopic (exact) mass is 652 g/mol. The molecule has 0 radical (unpaired) electrons. The van der Waals surface area contributed by atoms with Crippen LogP contribution >= 0.6 is 15.9 Å². The molecule has 6 rings (SSSR count). The van der Waals surface area contributed by atoms with E-state index >= 15 is 0 Å². The van der Waals surface area contributed by atoms with Gasteiger partial charge in [0.05, 0.1) is 36.7 Å². The fraction of sp³-hybridized carbons (Fsp3) is 0.143. The molecule has 3 N–H and O–H groups in total. The molecule has 0 aliphatic carbocycles. The lowest BCUT2D eigenvalue weighted by Crippen LogP contribution is -2.26. The Morgan fingerprint density at radius 3 is 2.50 bits per heavy atom. The maximum absolute atomic E-state index is 13.6. The number of hydrogen-bond donors (Lipinski definition) is 3. The van der Waals surface area contributed by atoms with Gasteiger partial charge in [0.15, 0.2) is 0 Å². The lowest BCUT2D eigenvalue weighted by Gasteiger charge is -2.20. The van der Waals surface area contributed by atoms with Crippen LogP contribution in [0.5, 0.6) is 17.2 Å². The SMILES string of the molecule is COc1ccc(C(=O)NCCc2c(C(c3cccc(Br)c3)c3c(O)c4ccccc4oc3=O)[nH]c3ccccc23)c(OC)c1. The van der Waals surface area contributed by atoms with Crippen molar-refractivity contribution in [3.63, 3.8) is 0 Å². The first-order valence-corrected chi connectivity index (χ1v) is 14.8. The fourth-order valence-electron chi connectivity index (χ4n) is 5.69. The molecule has 2 aromatic heterocycles. The average molecular weight is 654 g/mol. The number of nitrogens with one attached hydrogen (secondary N) is 2. The average Bonchev–Trinajstić information content (AvgIpc) is 3.40. The van der Waals surface area contributed by atoms with E-state index < -0.39 is 11.5 Å². The van der Waals surface area contributed by atoms with E-state index in [1.807, 2.05) is 48.5 Å². The highest BCUT2D eigenvalue weighted by Crippen LogP contribution is 2.41. The van der Waals surface area contributed by atoms with Gasteiger partial charge in [-0.15, -0.1) is 0 Å². The first-order chi connectivity index (χ1) is 21.4. The molecule has 2 heterocycles. The van der Waals surface area contributed by atoms with E-state index in [9.17, 15) is 14.7 Å². The number of carbonyl (C=O) groups is 1. The number of H-pyrrole nitrogens is 1. The zero-order valence-electron chi connectivity index (χ0n) is 24.0. The first-order valence-electron chi connectivity index (χ1n) is 14.0. The van der Waals surface area contributed by atoms with E-state index in [1.165, 1.54) is 7.11 Å². The maximum atomic E-state index is 13.6. The number of benzene rings is 4. The Morgan fingerprint density at radius 2 is 1.73 bits per heavy atom. The highest BCUT2D eigenvalue weighted by molar-refractivity contribution is 9.10. The van der Waals surface area contributed by atoms with Gasteiger partial charge in [-0.05, 0) is 60.0 Å². The molecule has 9 heteroatoms. The third-order valence-electron chi connectivity index (χ3n) is 7.74. The van der Waals surface area contributed by atoms with Crippen LogP contribution in [0.4, 0.5) is 0 Å². The molecule has 222 valence electrons. The van der Waals surface area contributed by atoms with Crippen molar-refractivity contribution in [2.24, 2.45) is 0 Å². The normalized spacial score (nSPS) is 11.9. The van der Waals surface area contributed by atoms with E-state index in [-0.39, 0.29) is 17.2 Å². The van der Waals surface area contributed by atoms with Crippen LogP contribution in [0.25, 0.3) is 21.9 Å². The van der Waals surface area contributed by atoms with Gasteiger partial charge in [-0.25, -0.2) is 4.79 Å². The van der Waals surface area contributed by atoms with Crippen molar-refractivity contribution >= 4 is 43.7 Å². The smallest absolute Gasteiger partial charge is 0.344 e. The summed E-state index contributed by atoms with van der Waals surface area (Å²) in [5, 5.41) is 16.0. The molecule has 0 aliphatic rings. The van der Waals surface area contributed by atoms with E-state index in [1.54, 1.807) is 49.6 Å². The fourth-order valence-corrected chi connectivity index (χ4v) is 6.10. The zero-order valence-corrected chi connectivity index (χ0v) is 25.6. The number of halogens is 1. The number of aromatic nitrogens is 1. The van der Waals surface area contributed by atoms with Crippen LogP contribution in [0, 0.1) is 0 Å². The number of rotatable bonds is 9. The van der Waals surface area contributed by atoms with Gasteiger partial charge in [0.1, 0.15) is 22.8 Å². The van der Waals surface area contributed by atoms with Crippen LogP contribution in [-0.2, 0) is 6.42 Å². The van der Waals surface area contributed by atoms with Crippen molar-refractivity contribution in [2.75, 3.05) is 20.8 Å². The molecule has 8 nitrogen and oxygen atoms in total. The third-order valence-corrected chi connectivity index (χ3v) is 8.23. The summed E-state index contributed by atoms with van der Waals surface area (Å²) in [5.41, 5.74) is 3.45. The number of aromatic hydroxyl groups is 1. The van der Waals surface area contributed by atoms with Crippen LogP contribution in [0.3, 0.4) is 0 Å². The first kappa shape index (κ1) is 29.1. The molecule has 0 aliphatic heterocycles. The number of ether oxygens (including phenoxy) is 2. The number of carbonyl (C=O) groups excluding carboxylic acids is 1. The predicted octanol–water partition coefficient (Wildman–Crippen LogP) is 6.91. The summed E-state index contributed by atoms with van der Waals surface area (Å²) in [4.78, 5) is 30.3. The molecule has 0 bridgehead atoms. The summed E-state index contributed by atoms with van der Waals surface area (Å²) in [6.45, 7) is 0.298. The Hall–Kier alpha value is -5.02.